The van der Waals surface area contributed by atoms with Crippen molar-refractivity contribution in [3.05, 3.63) is 70.9 Å². The van der Waals surface area contributed by atoms with Gasteiger partial charge in [0.25, 0.3) is 5.91 Å². The van der Waals surface area contributed by atoms with Crippen molar-refractivity contribution in [1.82, 2.24) is 10.2 Å². The molecule has 4 rings (SSSR count). The summed E-state index contributed by atoms with van der Waals surface area (Å²) in [4.78, 5) is 12.2. The highest BCUT2D eigenvalue weighted by Gasteiger charge is 2.13. The average Bonchev–Trinajstić information content (AvgIpc) is 3.16. The monoisotopic (exact) mass is 382 g/mol. The fourth-order valence-corrected chi connectivity index (χ4v) is 2.72. The molecule has 0 atom stereocenters. The lowest BCUT2D eigenvalue weighted by atomic mass is 10.2. The largest absolute Gasteiger partial charge is 0.454 e. The number of hydrogen-bond donors (Lipinski definition) is 2. The number of hydrogen-bond acceptors (Lipinski definition) is 6. The molecule has 0 aliphatic carbocycles. The number of amides is 1. The molecule has 3 aromatic rings. The van der Waals surface area contributed by atoms with Gasteiger partial charge < -0.3 is 20.1 Å². The number of aromatic nitrogens is 2. The SMILES string of the molecule is O=C(Nc1ccccc1Cl)c1ccc(NCc2ccc3c(c2)OCO3)nn1. The number of para-hydroxylation sites is 1. The van der Waals surface area contributed by atoms with E-state index in [2.05, 4.69) is 20.8 Å². The van der Waals surface area contributed by atoms with E-state index in [1.54, 1.807) is 36.4 Å². The first-order chi connectivity index (χ1) is 13.2. The summed E-state index contributed by atoms with van der Waals surface area (Å²) in [6, 6.07) is 16.0. The van der Waals surface area contributed by atoms with E-state index in [1.807, 2.05) is 18.2 Å². The van der Waals surface area contributed by atoms with Crippen LogP contribution in [0.5, 0.6) is 11.5 Å². The normalized spacial score (nSPS) is 11.9. The average molecular weight is 383 g/mol. The molecule has 0 saturated carbocycles. The van der Waals surface area contributed by atoms with E-state index >= 15 is 0 Å². The molecule has 0 spiro atoms. The maximum atomic E-state index is 12.2. The molecule has 0 saturated heterocycles. The Kier molecular flexibility index (Phi) is 4.76. The van der Waals surface area contributed by atoms with Crippen LogP contribution in [0, 0.1) is 0 Å². The van der Waals surface area contributed by atoms with Gasteiger partial charge in [0.1, 0.15) is 5.82 Å². The summed E-state index contributed by atoms with van der Waals surface area (Å²) in [5.74, 6) is 1.65. The molecule has 0 bridgehead atoms. The van der Waals surface area contributed by atoms with Crippen molar-refractivity contribution >= 4 is 29.0 Å². The molecule has 0 radical (unpaired) electrons. The summed E-state index contributed by atoms with van der Waals surface area (Å²) in [6.45, 7) is 0.784. The Hall–Kier alpha value is -3.32. The van der Waals surface area contributed by atoms with Gasteiger partial charge in [-0.25, -0.2) is 0 Å². The van der Waals surface area contributed by atoms with Gasteiger partial charge in [0.05, 0.1) is 10.7 Å². The minimum absolute atomic E-state index is 0.198. The summed E-state index contributed by atoms with van der Waals surface area (Å²) in [7, 11) is 0. The smallest absolute Gasteiger partial charge is 0.276 e. The third kappa shape index (κ3) is 3.93. The standard InChI is InChI=1S/C19H15ClN4O3/c20-13-3-1-2-4-14(13)22-19(25)15-6-8-18(24-23-15)21-10-12-5-7-16-17(9-12)27-11-26-16/h1-9H,10-11H2,(H,21,24)(H,22,25). The Bertz CT molecular complexity index is 979. The second-order valence-electron chi connectivity index (χ2n) is 5.78. The van der Waals surface area contributed by atoms with Crippen molar-refractivity contribution in [3.63, 3.8) is 0 Å². The molecule has 7 nitrogen and oxygen atoms in total. The van der Waals surface area contributed by atoms with Crippen molar-refractivity contribution in [3.8, 4) is 11.5 Å². The van der Waals surface area contributed by atoms with Gasteiger partial charge in [0.2, 0.25) is 6.79 Å². The molecule has 1 amide bonds. The van der Waals surface area contributed by atoms with Gasteiger partial charge in [-0.05, 0) is 42.0 Å². The molecule has 27 heavy (non-hydrogen) atoms. The van der Waals surface area contributed by atoms with E-state index in [1.165, 1.54) is 0 Å². The van der Waals surface area contributed by atoms with Crippen LogP contribution < -0.4 is 20.1 Å². The number of ether oxygens (including phenoxy) is 2. The van der Waals surface area contributed by atoms with Crippen LogP contribution in [-0.2, 0) is 6.54 Å². The number of halogens is 1. The number of carbonyl (C=O) groups excluding carboxylic acids is 1. The van der Waals surface area contributed by atoms with E-state index in [9.17, 15) is 4.79 Å². The maximum absolute atomic E-state index is 12.2. The minimum atomic E-state index is -0.377. The van der Waals surface area contributed by atoms with Crippen molar-refractivity contribution < 1.29 is 14.3 Å². The number of carbonyl (C=O) groups is 1. The Morgan fingerprint density at radius 1 is 1.04 bits per heavy atom. The molecule has 1 aliphatic rings. The Labute approximate surface area is 160 Å². The summed E-state index contributed by atoms with van der Waals surface area (Å²) in [5.41, 5.74) is 1.74. The highest BCUT2D eigenvalue weighted by atomic mass is 35.5. The zero-order chi connectivity index (χ0) is 18.6. The first kappa shape index (κ1) is 17.1. The maximum Gasteiger partial charge on any atom is 0.276 e. The first-order valence-electron chi connectivity index (χ1n) is 8.21. The zero-order valence-corrected chi connectivity index (χ0v) is 14.9. The quantitative estimate of drug-likeness (QED) is 0.699. The van der Waals surface area contributed by atoms with E-state index in [4.69, 9.17) is 21.1 Å². The van der Waals surface area contributed by atoms with Gasteiger partial charge in [-0.1, -0.05) is 29.8 Å². The molecule has 136 valence electrons. The number of anilines is 2. The summed E-state index contributed by atoms with van der Waals surface area (Å²) < 4.78 is 10.6. The van der Waals surface area contributed by atoms with Crippen LogP contribution in [0.25, 0.3) is 0 Å². The number of rotatable bonds is 5. The van der Waals surface area contributed by atoms with Crippen LogP contribution in [0.15, 0.2) is 54.6 Å². The second-order valence-corrected chi connectivity index (χ2v) is 6.19. The molecule has 1 aliphatic heterocycles. The van der Waals surface area contributed by atoms with E-state index in [0.29, 0.717) is 23.1 Å². The predicted molar refractivity (Wildman–Crippen MR) is 101 cm³/mol. The summed E-state index contributed by atoms with van der Waals surface area (Å²) in [5, 5.41) is 14.3. The van der Waals surface area contributed by atoms with Gasteiger partial charge in [0.15, 0.2) is 17.2 Å². The van der Waals surface area contributed by atoms with Crippen molar-refractivity contribution in [2.75, 3.05) is 17.4 Å². The van der Waals surface area contributed by atoms with Crippen LogP contribution in [0.2, 0.25) is 5.02 Å². The third-order valence-electron chi connectivity index (χ3n) is 3.93. The van der Waals surface area contributed by atoms with Crippen LogP contribution in [-0.4, -0.2) is 22.9 Å². The van der Waals surface area contributed by atoms with Gasteiger partial charge in [0, 0.05) is 6.54 Å². The summed E-state index contributed by atoms with van der Waals surface area (Å²) >= 11 is 6.04. The zero-order valence-electron chi connectivity index (χ0n) is 14.1. The number of nitrogens with zero attached hydrogens (tertiary/aromatic N) is 2. The lowest BCUT2D eigenvalue weighted by Crippen LogP contribution is -2.15. The fourth-order valence-electron chi connectivity index (χ4n) is 2.54. The molecule has 1 aromatic heterocycles. The van der Waals surface area contributed by atoms with Crippen molar-refractivity contribution in [2.45, 2.75) is 6.54 Å². The van der Waals surface area contributed by atoms with E-state index in [-0.39, 0.29) is 18.4 Å². The number of benzene rings is 2. The van der Waals surface area contributed by atoms with Crippen LogP contribution in [0.1, 0.15) is 16.1 Å². The highest BCUT2D eigenvalue weighted by Crippen LogP contribution is 2.32. The van der Waals surface area contributed by atoms with Crippen molar-refractivity contribution in [2.24, 2.45) is 0 Å². The molecule has 2 N–H and O–H groups in total. The van der Waals surface area contributed by atoms with Crippen LogP contribution in [0.4, 0.5) is 11.5 Å². The third-order valence-corrected chi connectivity index (χ3v) is 4.26. The number of fused-ring (bicyclic) bond motifs is 1. The molecule has 8 heteroatoms. The van der Waals surface area contributed by atoms with E-state index < -0.39 is 0 Å². The first-order valence-corrected chi connectivity index (χ1v) is 8.59. The molecular weight excluding hydrogens is 368 g/mol. The van der Waals surface area contributed by atoms with Gasteiger partial charge in [-0.15, -0.1) is 10.2 Å². The van der Waals surface area contributed by atoms with Crippen molar-refractivity contribution in [1.29, 1.82) is 0 Å². The topological polar surface area (TPSA) is 85.4 Å². The predicted octanol–water partition coefficient (Wildman–Crippen LogP) is 3.72. The molecule has 2 aromatic carbocycles. The molecule has 0 fully saturated rings. The lowest BCUT2D eigenvalue weighted by molar-refractivity contribution is 0.102. The van der Waals surface area contributed by atoms with Gasteiger partial charge in [-0.3, -0.25) is 4.79 Å². The fraction of sp³-hybridized carbons (Fsp3) is 0.105. The Balaban J connectivity index is 1.37. The lowest BCUT2D eigenvalue weighted by Gasteiger charge is -2.08. The van der Waals surface area contributed by atoms with Gasteiger partial charge in [-0.2, -0.15) is 0 Å². The second kappa shape index (κ2) is 7.51. The van der Waals surface area contributed by atoms with E-state index in [0.717, 1.165) is 17.1 Å². The van der Waals surface area contributed by atoms with Crippen LogP contribution in [0.3, 0.4) is 0 Å². The molecule has 2 heterocycles. The molecule has 0 unspecified atom stereocenters. The highest BCUT2D eigenvalue weighted by molar-refractivity contribution is 6.33. The Morgan fingerprint density at radius 2 is 1.89 bits per heavy atom. The van der Waals surface area contributed by atoms with Crippen LogP contribution >= 0.6 is 11.6 Å². The number of nitrogens with one attached hydrogen (secondary N) is 2. The van der Waals surface area contributed by atoms with Gasteiger partial charge >= 0.3 is 0 Å². The summed E-state index contributed by atoms with van der Waals surface area (Å²) in [6.07, 6.45) is 0. The minimum Gasteiger partial charge on any atom is -0.454 e. The Morgan fingerprint density at radius 3 is 2.70 bits per heavy atom. The molecular formula is C19H15ClN4O3.